The molecule has 0 bridgehead atoms. The van der Waals surface area contributed by atoms with Crippen LogP contribution in [0.2, 0.25) is 0 Å². The minimum Gasteiger partial charge on any atom is -0.370 e. The van der Waals surface area contributed by atoms with Gasteiger partial charge in [0, 0.05) is 32.6 Å². The average molecular weight is 310 g/mol. The number of piperidine rings is 1. The van der Waals surface area contributed by atoms with E-state index >= 15 is 0 Å². The number of nitrogens with zero attached hydrogens (tertiary/aromatic N) is 2. The summed E-state index contributed by atoms with van der Waals surface area (Å²) in [7, 11) is 0. The number of carbonyl (C=O) groups excluding carboxylic acids is 1. The van der Waals surface area contributed by atoms with E-state index in [0.29, 0.717) is 17.8 Å². The van der Waals surface area contributed by atoms with E-state index in [2.05, 4.69) is 37.9 Å². The second-order valence-corrected chi connectivity index (χ2v) is 7.52. The van der Waals surface area contributed by atoms with E-state index < -0.39 is 0 Å². The topological polar surface area (TPSA) is 70.7 Å². The molecule has 1 atom stereocenters. The van der Waals surface area contributed by atoms with Gasteiger partial charge in [-0.15, -0.1) is 0 Å². The molecule has 1 rings (SSSR count). The number of carbonyl (C=O) groups is 1. The summed E-state index contributed by atoms with van der Waals surface area (Å²) in [6, 6.07) is 0. The van der Waals surface area contributed by atoms with Crippen LogP contribution in [0.4, 0.5) is 0 Å². The molecule has 1 heterocycles. The van der Waals surface area contributed by atoms with Crippen LogP contribution in [0.5, 0.6) is 0 Å². The maximum atomic E-state index is 11.1. The molecule has 128 valence electrons. The molecule has 0 aromatic rings. The van der Waals surface area contributed by atoms with Gasteiger partial charge in [0.2, 0.25) is 5.91 Å². The molecule has 5 nitrogen and oxygen atoms in total. The Bertz CT molecular complexity index is 373. The molecular formula is C17H34N4O. The van der Waals surface area contributed by atoms with Gasteiger partial charge in [-0.05, 0) is 43.9 Å². The summed E-state index contributed by atoms with van der Waals surface area (Å²) in [5.41, 5.74) is 5.71. The monoisotopic (exact) mass is 310 g/mol. The Morgan fingerprint density at radius 3 is 2.73 bits per heavy atom. The number of hydrogen-bond acceptors (Lipinski definition) is 2. The van der Waals surface area contributed by atoms with Gasteiger partial charge in [-0.1, -0.05) is 20.8 Å². The molecular weight excluding hydrogens is 276 g/mol. The predicted octanol–water partition coefficient (Wildman–Crippen LogP) is 2.37. The second kappa shape index (κ2) is 9.01. The summed E-state index contributed by atoms with van der Waals surface area (Å²) in [5.74, 6) is 1.16. The third-order valence-corrected chi connectivity index (χ3v) is 3.99. The molecule has 5 heteroatoms. The van der Waals surface area contributed by atoms with E-state index in [1.807, 2.05) is 0 Å². The maximum absolute atomic E-state index is 11.1. The predicted molar refractivity (Wildman–Crippen MR) is 92.8 cm³/mol. The fraction of sp³-hybridized carbons (Fsp3) is 0.882. The summed E-state index contributed by atoms with van der Waals surface area (Å²) in [6.07, 6.45) is 4.96. The molecule has 0 aromatic heterocycles. The Morgan fingerprint density at radius 2 is 2.14 bits per heavy atom. The van der Waals surface area contributed by atoms with Crippen LogP contribution in [-0.4, -0.2) is 42.9 Å². The van der Waals surface area contributed by atoms with Gasteiger partial charge in [0.1, 0.15) is 0 Å². The molecule has 22 heavy (non-hydrogen) atoms. The third kappa shape index (κ3) is 7.66. The van der Waals surface area contributed by atoms with Crippen LogP contribution < -0.4 is 11.1 Å². The smallest absolute Gasteiger partial charge is 0.217 e. The highest BCUT2D eigenvalue weighted by atomic mass is 16.1. The zero-order valence-corrected chi connectivity index (χ0v) is 14.8. The summed E-state index contributed by atoms with van der Waals surface area (Å²) in [4.78, 5) is 18.2. The highest BCUT2D eigenvalue weighted by molar-refractivity contribution is 5.80. The van der Waals surface area contributed by atoms with Crippen LogP contribution in [0.25, 0.3) is 0 Å². The Morgan fingerprint density at radius 1 is 1.41 bits per heavy atom. The van der Waals surface area contributed by atoms with Crippen molar-refractivity contribution in [2.24, 2.45) is 22.1 Å². The normalized spacial score (nSPS) is 20.1. The first kappa shape index (κ1) is 18.8. The van der Waals surface area contributed by atoms with E-state index in [1.165, 1.54) is 6.42 Å². The maximum Gasteiger partial charge on any atom is 0.217 e. The van der Waals surface area contributed by atoms with Gasteiger partial charge in [0.25, 0.3) is 0 Å². The quantitative estimate of drug-likeness (QED) is 0.449. The molecule has 1 fully saturated rings. The SMILES string of the molecule is CCNC(=NCCCC(C)(C)C)N1CCCC(CC(N)=O)C1. The first-order chi connectivity index (χ1) is 10.3. The van der Waals surface area contributed by atoms with Crippen molar-refractivity contribution in [3.05, 3.63) is 0 Å². The van der Waals surface area contributed by atoms with Gasteiger partial charge < -0.3 is 16.0 Å². The first-order valence-electron chi connectivity index (χ1n) is 8.63. The van der Waals surface area contributed by atoms with Crippen molar-refractivity contribution in [2.75, 3.05) is 26.2 Å². The van der Waals surface area contributed by atoms with Crippen molar-refractivity contribution in [1.29, 1.82) is 0 Å². The van der Waals surface area contributed by atoms with E-state index in [0.717, 1.165) is 51.4 Å². The number of hydrogen-bond donors (Lipinski definition) is 2. The van der Waals surface area contributed by atoms with Gasteiger partial charge in [0.05, 0.1) is 0 Å². The average Bonchev–Trinajstić information content (AvgIpc) is 2.40. The molecule has 1 saturated heterocycles. The molecule has 1 amide bonds. The molecule has 0 aromatic carbocycles. The molecule has 1 unspecified atom stereocenters. The molecule has 1 aliphatic heterocycles. The van der Waals surface area contributed by atoms with Crippen LogP contribution in [0.3, 0.4) is 0 Å². The van der Waals surface area contributed by atoms with E-state index in [1.54, 1.807) is 0 Å². The van der Waals surface area contributed by atoms with Crippen molar-refractivity contribution >= 4 is 11.9 Å². The standard InChI is InChI=1S/C17H34N4O/c1-5-19-16(20-10-7-9-17(2,3)4)21-11-6-8-14(13-21)12-15(18)22/h14H,5-13H2,1-4H3,(H2,18,22)(H,19,20). The minimum atomic E-state index is -0.195. The van der Waals surface area contributed by atoms with Gasteiger partial charge in [-0.2, -0.15) is 0 Å². The fourth-order valence-corrected chi connectivity index (χ4v) is 2.93. The number of guanidine groups is 1. The summed E-state index contributed by atoms with van der Waals surface area (Å²) < 4.78 is 0. The van der Waals surface area contributed by atoms with Gasteiger partial charge in [0.15, 0.2) is 5.96 Å². The molecule has 0 aliphatic carbocycles. The lowest BCUT2D eigenvalue weighted by molar-refractivity contribution is -0.119. The molecule has 3 N–H and O–H groups in total. The Kier molecular flexibility index (Phi) is 7.69. The van der Waals surface area contributed by atoms with Crippen molar-refractivity contribution in [1.82, 2.24) is 10.2 Å². The Balaban J connectivity index is 2.55. The zero-order valence-electron chi connectivity index (χ0n) is 14.8. The Hall–Kier alpha value is -1.26. The third-order valence-electron chi connectivity index (χ3n) is 3.99. The van der Waals surface area contributed by atoms with E-state index in [4.69, 9.17) is 10.7 Å². The minimum absolute atomic E-state index is 0.195. The number of nitrogens with one attached hydrogen (secondary N) is 1. The largest absolute Gasteiger partial charge is 0.370 e. The van der Waals surface area contributed by atoms with Crippen molar-refractivity contribution in [3.8, 4) is 0 Å². The summed E-state index contributed by atoms with van der Waals surface area (Å²) in [6.45, 7) is 12.5. The summed E-state index contributed by atoms with van der Waals surface area (Å²) in [5, 5.41) is 3.38. The summed E-state index contributed by atoms with van der Waals surface area (Å²) >= 11 is 0. The van der Waals surface area contributed by atoms with E-state index in [-0.39, 0.29) is 5.91 Å². The van der Waals surface area contributed by atoms with Crippen LogP contribution in [0, 0.1) is 11.3 Å². The lowest BCUT2D eigenvalue weighted by Crippen LogP contribution is -2.47. The van der Waals surface area contributed by atoms with Gasteiger partial charge in [-0.3, -0.25) is 9.79 Å². The molecule has 0 saturated carbocycles. The fourth-order valence-electron chi connectivity index (χ4n) is 2.93. The van der Waals surface area contributed by atoms with Crippen LogP contribution in [0.15, 0.2) is 4.99 Å². The number of nitrogens with two attached hydrogens (primary N) is 1. The van der Waals surface area contributed by atoms with Crippen LogP contribution >= 0.6 is 0 Å². The lowest BCUT2D eigenvalue weighted by atomic mass is 9.91. The van der Waals surface area contributed by atoms with Gasteiger partial charge in [-0.25, -0.2) is 0 Å². The van der Waals surface area contributed by atoms with Crippen molar-refractivity contribution in [3.63, 3.8) is 0 Å². The van der Waals surface area contributed by atoms with E-state index in [9.17, 15) is 4.79 Å². The number of rotatable bonds is 6. The van der Waals surface area contributed by atoms with Crippen LogP contribution in [0.1, 0.15) is 59.8 Å². The zero-order chi connectivity index (χ0) is 16.6. The van der Waals surface area contributed by atoms with Crippen molar-refractivity contribution in [2.45, 2.75) is 59.8 Å². The number of amides is 1. The Labute approximate surface area is 135 Å². The van der Waals surface area contributed by atoms with Crippen LogP contribution in [-0.2, 0) is 4.79 Å². The highest BCUT2D eigenvalue weighted by Gasteiger charge is 2.23. The molecule has 0 spiro atoms. The molecule has 0 radical (unpaired) electrons. The highest BCUT2D eigenvalue weighted by Crippen LogP contribution is 2.21. The van der Waals surface area contributed by atoms with Gasteiger partial charge >= 0.3 is 0 Å². The van der Waals surface area contributed by atoms with Crippen molar-refractivity contribution < 1.29 is 4.79 Å². The second-order valence-electron chi connectivity index (χ2n) is 7.52. The number of likely N-dealkylation sites (tertiary alicyclic amines) is 1. The first-order valence-corrected chi connectivity index (χ1v) is 8.63. The number of aliphatic imine (C=N–C) groups is 1. The number of primary amides is 1. The molecule has 1 aliphatic rings. The lowest BCUT2D eigenvalue weighted by Gasteiger charge is -2.34.